The fourth-order valence-corrected chi connectivity index (χ4v) is 1.97. The number of aromatic carboxylic acids is 1. The number of carboxylic acid groups (broad SMARTS) is 1. The summed E-state index contributed by atoms with van der Waals surface area (Å²) in [5.41, 5.74) is 2.46. The summed E-state index contributed by atoms with van der Waals surface area (Å²) in [7, 11) is 1.83. The fraction of sp³-hybridized carbons (Fsp3) is 0.308. The van der Waals surface area contributed by atoms with E-state index in [0.29, 0.717) is 5.56 Å². The molecule has 0 fully saturated rings. The van der Waals surface area contributed by atoms with Gasteiger partial charge in [-0.3, -0.25) is 4.68 Å². The van der Waals surface area contributed by atoms with E-state index in [1.807, 2.05) is 13.2 Å². The molecule has 0 atom stereocenters. The number of nitrogens with zero attached hydrogens (tertiary/aromatic N) is 3. The molecule has 0 amide bonds. The van der Waals surface area contributed by atoms with Crippen LogP contribution in [0.2, 0.25) is 0 Å². The summed E-state index contributed by atoms with van der Waals surface area (Å²) >= 11 is 0. The highest BCUT2D eigenvalue weighted by Crippen LogP contribution is 2.26. The second-order valence-corrected chi connectivity index (χ2v) is 4.12. The first-order valence-electron chi connectivity index (χ1n) is 5.84. The lowest BCUT2D eigenvalue weighted by Crippen LogP contribution is -2.03. The molecule has 0 aliphatic carbocycles. The molecule has 0 aromatic carbocycles. The Balaban J connectivity index is 2.58. The maximum atomic E-state index is 11.2. The molecule has 0 aliphatic heterocycles. The Bertz CT molecular complexity index is 575. The van der Waals surface area contributed by atoms with Crippen molar-refractivity contribution in [3.05, 3.63) is 35.9 Å². The van der Waals surface area contributed by atoms with Crippen LogP contribution in [-0.2, 0) is 13.5 Å². The Hall–Kier alpha value is -2.17. The quantitative estimate of drug-likeness (QED) is 0.896. The molecule has 0 aliphatic rings. The van der Waals surface area contributed by atoms with Gasteiger partial charge < -0.3 is 5.11 Å². The van der Waals surface area contributed by atoms with Crippen molar-refractivity contribution in [2.45, 2.75) is 19.8 Å². The van der Waals surface area contributed by atoms with Crippen molar-refractivity contribution in [3.63, 3.8) is 0 Å². The molecule has 2 aromatic heterocycles. The lowest BCUT2D eigenvalue weighted by atomic mass is 10.0. The van der Waals surface area contributed by atoms with Crippen molar-refractivity contribution in [2.24, 2.45) is 7.05 Å². The van der Waals surface area contributed by atoms with Crippen molar-refractivity contribution in [2.75, 3.05) is 0 Å². The van der Waals surface area contributed by atoms with Crippen LogP contribution in [0.15, 0.2) is 24.5 Å². The van der Waals surface area contributed by atoms with Crippen LogP contribution in [0.4, 0.5) is 0 Å². The van der Waals surface area contributed by atoms with Gasteiger partial charge in [0.15, 0.2) is 5.69 Å². The highest BCUT2D eigenvalue weighted by atomic mass is 16.4. The zero-order chi connectivity index (χ0) is 13.1. The zero-order valence-electron chi connectivity index (χ0n) is 10.4. The monoisotopic (exact) mass is 245 g/mol. The van der Waals surface area contributed by atoms with Gasteiger partial charge in [0.25, 0.3) is 0 Å². The summed E-state index contributed by atoms with van der Waals surface area (Å²) in [6.45, 7) is 2.07. The standard InChI is InChI=1S/C13H15N3O2/c1-3-5-11-10(8-16(2)15-11)9-6-4-7-14-12(9)13(17)18/h4,6-8H,3,5H2,1-2H3,(H,17,18). The second kappa shape index (κ2) is 5.00. The van der Waals surface area contributed by atoms with Gasteiger partial charge in [-0.15, -0.1) is 0 Å². The minimum absolute atomic E-state index is 0.0721. The Kier molecular flexibility index (Phi) is 3.41. The lowest BCUT2D eigenvalue weighted by molar-refractivity contribution is 0.0691. The zero-order valence-corrected chi connectivity index (χ0v) is 10.4. The Morgan fingerprint density at radius 3 is 2.89 bits per heavy atom. The molecule has 0 unspecified atom stereocenters. The van der Waals surface area contributed by atoms with E-state index in [4.69, 9.17) is 5.11 Å². The predicted molar refractivity (Wildman–Crippen MR) is 67.4 cm³/mol. The van der Waals surface area contributed by atoms with E-state index in [1.54, 1.807) is 16.8 Å². The summed E-state index contributed by atoms with van der Waals surface area (Å²) in [6.07, 6.45) is 5.12. The van der Waals surface area contributed by atoms with Gasteiger partial charge in [-0.25, -0.2) is 9.78 Å². The summed E-state index contributed by atoms with van der Waals surface area (Å²) in [5, 5.41) is 13.5. The molecule has 0 saturated carbocycles. The van der Waals surface area contributed by atoms with Gasteiger partial charge in [0.2, 0.25) is 0 Å². The highest BCUT2D eigenvalue weighted by Gasteiger charge is 2.17. The molecule has 5 nitrogen and oxygen atoms in total. The second-order valence-electron chi connectivity index (χ2n) is 4.12. The Morgan fingerprint density at radius 1 is 1.44 bits per heavy atom. The molecule has 18 heavy (non-hydrogen) atoms. The summed E-state index contributed by atoms with van der Waals surface area (Å²) in [6, 6.07) is 3.51. The van der Waals surface area contributed by atoms with Crippen LogP contribution < -0.4 is 0 Å². The number of hydrogen-bond donors (Lipinski definition) is 1. The minimum Gasteiger partial charge on any atom is -0.476 e. The van der Waals surface area contributed by atoms with Gasteiger partial charge in [0, 0.05) is 30.6 Å². The highest BCUT2D eigenvalue weighted by molar-refractivity contribution is 5.94. The van der Waals surface area contributed by atoms with Crippen molar-refractivity contribution in [3.8, 4) is 11.1 Å². The number of carboxylic acids is 1. The molecule has 0 radical (unpaired) electrons. The topological polar surface area (TPSA) is 68.0 Å². The van der Waals surface area contributed by atoms with E-state index in [2.05, 4.69) is 17.0 Å². The maximum absolute atomic E-state index is 11.2. The average Bonchev–Trinajstić information content (AvgIpc) is 2.71. The van der Waals surface area contributed by atoms with Crippen molar-refractivity contribution >= 4 is 5.97 Å². The normalized spacial score (nSPS) is 10.6. The third kappa shape index (κ3) is 2.25. The summed E-state index contributed by atoms with van der Waals surface area (Å²) in [5.74, 6) is -1.02. The van der Waals surface area contributed by atoms with Crippen LogP contribution in [-0.4, -0.2) is 25.8 Å². The number of aryl methyl sites for hydroxylation is 2. The van der Waals surface area contributed by atoms with Gasteiger partial charge >= 0.3 is 5.97 Å². The van der Waals surface area contributed by atoms with Crippen LogP contribution in [0.3, 0.4) is 0 Å². The molecule has 94 valence electrons. The molecular formula is C13H15N3O2. The third-order valence-corrected chi connectivity index (χ3v) is 2.69. The van der Waals surface area contributed by atoms with E-state index < -0.39 is 5.97 Å². The third-order valence-electron chi connectivity index (χ3n) is 2.69. The molecule has 1 N–H and O–H groups in total. The lowest BCUT2D eigenvalue weighted by Gasteiger charge is -2.04. The van der Waals surface area contributed by atoms with Gasteiger partial charge in [0.05, 0.1) is 5.69 Å². The molecule has 0 bridgehead atoms. The number of rotatable bonds is 4. The molecule has 0 saturated heterocycles. The molecule has 2 heterocycles. The van der Waals surface area contributed by atoms with Crippen molar-refractivity contribution < 1.29 is 9.90 Å². The largest absolute Gasteiger partial charge is 0.476 e. The minimum atomic E-state index is -1.02. The van der Waals surface area contributed by atoms with Crippen LogP contribution >= 0.6 is 0 Å². The van der Waals surface area contributed by atoms with E-state index >= 15 is 0 Å². The van der Waals surface area contributed by atoms with E-state index in [0.717, 1.165) is 24.1 Å². The number of aromatic nitrogens is 3. The van der Waals surface area contributed by atoms with Gasteiger partial charge in [-0.05, 0) is 12.5 Å². The fourth-order valence-electron chi connectivity index (χ4n) is 1.97. The summed E-state index contributed by atoms with van der Waals surface area (Å²) < 4.78 is 1.71. The van der Waals surface area contributed by atoms with Crippen molar-refractivity contribution in [1.82, 2.24) is 14.8 Å². The maximum Gasteiger partial charge on any atom is 0.355 e. The smallest absolute Gasteiger partial charge is 0.355 e. The first-order valence-corrected chi connectivity index (χ1v) is 5.84. The first kappa shape index (κ1) is 12.3. The SMILES string of the molecule is CCCc1nn(C)cc1-c1cccnc1C(=O)O. The van der Waals surface area contributed by atoms with E-state index in [1.165, 1.54) is 6.20 Å². The van der Waals surface area contributed by atoms with Crippen LogP contribution in [0.5, 0.6) is 0 Å². The molecule has 2 aromatic rings. The molecular weight excluding hydrogens is 230 g/mol. The predicted octanol–water partition coefficient (Wildman–Crippen LogP) is 2.13. The van der Waals surface area contributed by atoms with Gasteiger partial charge in [0.1, 0.15) is 0 Å². The van der Waals surface area contributed by atoms with E-state index in [-0.39, 0.29) is 5.69 Å². The van der Waals surface area contributed by atoms with E-state index in [9.17, 15) is 4.79 Å². The molecule has 0 spiro atoms. The number of carbonyl (C=O) groups is 1. The molecule has 5 heteroatoms. The van der Waals surface area contributed by atoms with Crippen molar-refractivity contribution in [1.29, 1.82) is 0 Å². The Labute approximate surface area is 105 Å². The Morgan fingerprint density at radius 2 is 2.22 bits per heavy atom. The van der Waals surface area contributed by atoms with Gasteiger partial charge in [-0.1, -0.05) is 19.4 Å². The molecule has 2 rings (SSSR count). The number of hydrogen-bond acceptors (Lipinski definition) is 3. The number of pyridine rings is 1. The van der Waals surface area contributed by atoms with Gasteiger partial charge in [-0.2, -0.15) is 5.10 Å². The summed E-state index contributed by atoms with van der Waals surface area (Å²) in [4.78, 5) is 15.1. The van der Waals surface area contributed by atoms with Crippen LogP contribution in [0.1, 0.15) is 29.5 Å². The first-order chi connectivity index (χ1) is 8.63. The average molecular weight is 245 g/mol. The van der Waals surface area contributed by atoms with Crippen LogP contribution in [0, 0.1) is 0 Å². The van der Waals surface area contributed by atoms with Crippen LogP contribution in [0.25, 0.3) is 11.1 Å².